The summed E-state index contributed by atoms with van der Waals surface area (Å²) in [6.45, 7) is 0. The fourth-order valence-corrected chi connectivity index (χ4v) is 2.84. The fourth-order valence-electron chi connectivity index (χ4n) is 2.65. The predicted octanol–water partition coefficient (Wildman–Crippen LogP) is 4.57. The van der Waals surface area contributed by atoms with Gasteiger partial charge in [0, 0.05) is 16.8 Å². The number of nitriles is 1. The van der Waals surface area contributed by atoms with Gasteiger partial charge in [-0.05, 0) is 60.7 Å². The van der Waals surface area contributed by atoms with Crippen molar-refractivity contribution in [2.45, 2.75) is 24.8 Å². The van der Waals surface area contributed by atoms with E-state index in [1.807, 2.05) is 36.4 Å². The summed E-state index contributed by atoms with van der Waals surface area (Å²) in [6, 6.07) is 18.4. The van der Waals surface area contributed by atoms with Crippen molar-refractivity contribution in [2.24, 2.45) is 0 Å². The number of nitrogens with one attached hydrogen (secondary N) is 1. The van der Waals surface area contributed by atoms with E-state index in [2.05, 4.69) is 23.5 Å². The molecule has 1 N–H and O–H groups in total. The van der Waals surface area contributed by atoms with E-state index < -0.39 is 0 Å². The van der Waals surface area contributed by atoms with E-state index in [4.69, 9.17) is 16.9 Å². The van der Waals surface area contributed by atoms with Crippen molar-refractivity contribution in [1.82, 2.24) is 0 Å². The van der Waals surface area contributed by atoms with E-state index in [0.29, 0.717) is 17.5 Å². The van der Waals surface area contributed by atoms with Crippen molar-refractivity contribution in [3.8, 4) is 6.07 Å². The number of benzene rings is 2. The zero-order chi connectivity index (χ0) is 13.9. The molecule has 2 nitrogen and oxygen atoms in total. The van der Waals surface area contributed by atoms with Gasteiger partial charge in [-0.3, -0.25) is 0 Å². The van der Waals surface area contributed by atoms with Crippen LogP contribution >= 0.6 is 11.6 Å². The van der Waals surface area contributed by atoms with Gasteiger partial charge in [-0.15, -0.1) is 0 Å². The molecule has 1 fully saturated rings. The Bertz CT molecular complexity index is 637. The first kappa shape index (κ1) is 13.0. The van der Waals surface area contributed by atoms with Gasteiger partial charge in [-0.25, -0.2) is 0 Å². The zero-order valence-corrected chi connectivity index (χ0v) is 11.8. The molecule has 3 rings (SSSR count). The Kier molecular flexibility index (Phi) is 3.62. The molecule has 0 amide bonds. The average Bonchev–Trinajstić information content (AvgIpc) is 2.43. The van der Waals surface area contributed by atoms with Crippen LogP contribution < -0.4 is 5.32 Å². The first-order chi connectivity index (χ1) is 9.74. The van der Waals surface area contributed by atoms with Gasteiger partial charge in [0.1, 0.15) is 0 Å². The predicted molar refractivity (Wildman–Crippen MR) is 82.0 cm³/mol. The summed E-state index contributed by atoms with van der Waals surface area (Å²) in [5.41, 5.74) is 3.11. The molecule has 0 aliphatic heterocycles. The number of hydrogen-bond acceptors (Lipinski definition) is 2. The molecule has 2 aromatic rings. The molecule has 0 bridgehead atoms. The van der Waals surface area contributed by atoms with Gasteiger partial charge in [0.25, 0.3) is 0 Å². The standard InChI is InChI=1S/C17H15ClN2/c18-15-3-1-2-13(8-15)14-9-17(10-14)20-16-6-4-12(11-19)5-7-16/h1-8,14,17,20H,9-10H2. The Balaban J connectivity index is 1.56. The number of hydrogen-bond donors (Lipinski definition) is 1. The highest BCUT2D eigenvalue weighted by Crippen LogP contribution is 2.39. The van der Waals surface area contributed by atoms with Crippen molar-refractivity contribution in [2.75, 3.05) is 5.32 Å². The van der Waals surface area contributed by atoms with E-state index in [0.717, 1.165) is 23.6 Å². The Morgan fingerprint density at radius 3 is 2.50 bits per heavy atom. The molecule has 0 atom stereocenters. The Morgan fingerprint density at radius 2 is 1.85 bits per heavy atom. The molecule has 0 saturated heterocycles. The molecular weight excluding hydrogens is 268 g/mol. The van der Waals surface area contributed by atoms with Crippen LogP contribution in [0.4, 0.5) is 5.69 Å². The van der Waals surface area contributed by atoms with Gasteiger partial charge in [0.05, 0.1) is 11.6 Å². The quantitative estimate of drug-likeness (QED) is 0.895. The van der Waals surface area contributed by atoms with Crippen LogP contribution in [0.3, 0.4) is 0 Å². The SMILES string of the molecule is N#Cc1ccc(NC2CC(c3cccc(Cl)c3)C2)cc1. The van der Waals surface area contributed by atoms with E-state index in [1.54, 1.807) is 0 Å². The molecular formula is C17H15ClN2. The van der Waals surface area contributed by atoms with Gasteiger partial charge in [0.2, 0.25) is 0 Å². The minimum absolute atomic E-state index is 0.506. The van der Waals surface area contributed by atoms with Crippen molar-refractivity contribution >= 4 is 17.3 Å². The second kappa shape index (κ2) is 5.56. The molecule has 100 valence electrons. The zero-order valence-electron chi connectivity index (χ0n) is 11.0. The molecule has 0 heterocycles. The van der Waals surface area contributed by atoms with E-state index in [9.17, 15) is 0 Å². The third-order valence-electron chi connectivity index (χ3n) is 3.84. The maximum atomic E-state index is 8.77. The number of anilines is 1. The molecule has 3 heteroatoms. The molecule has 0 aromatic heterocycles. The molecule has 20 heavy (non-hydrogen) atoms. The lowest BCUT2D eigenvalue weighted by atomic mass is 9.76. The number of nitrogens with zero attached hydrogens (tertiary/aromatic N) is 1. The summed E-state index contributed by atoms with van der Waals surface area (Å²) in [4.78, 5) is 0. The van der Waals surface area contributed by atoms with E-state index in [1.165, 1.54) is 5.56 Å². The van der Waals surface area contributed by atoms with Gasteiger partial charge in [-0.1, -0.05) is 23.7 Å². The summed E-state index contributed by atoms with van der Waals surface area (Å²) >= 11 is 6.02. The van der Waals surface area contributed by atoms with Crippen molar-refractivity contribution in [1.29, 1.82) is 5.26 Å². The van der Waals surface area contributed by atoms with Crippen LogP contribution in [0.1, 0.15) is 29.9 Å². The summed E-state index contributed by atoms with van der Waals surface area (Å²) in [6.07, 6.45) is 2.25. The molecule has 1 saturated carbocycles. The lowest BCUT2D eigenvalue weighted by molar-refractivity contribution is 0.374. The normalized spacial score (nSPS) is 20.8. The second-order valence-corrected chi connectivity index (χ2v) is 5.69. The minimum atomic E-state index is 0.506. The Morgan fingerprint density at radius 1 is 1.10 bits per heavy atom. The summed E-state index contributed by atoms with van der Waals surface area (Å²) < 4.78 is 0. The topological polar surface area (TPSA) is 35.8 Å². The fraction of sp³-hybridized carbons (Fsp3) is 0.235. The van der Waals surface area contributed by atoms with Crippen LogP contribution in [0.15, 0.2) is 48.5 Å². The molecule has 2 aromatic carbocycles. The smallest absolute Gasteiger partial charge is 0.0991 e. The van der Waals surface area contributed by atoms with E-state index >= 15 is 0 Å². The van der Waals surface area contributed by atoms with Gasteiger partial charge >= 0.3 is 0 Å². The second-order valence-electron chi connectivity index (χ2n) is 5.25. The minimum Gasteiger partial charge on any atom is -0.382 e. The first-order valence-electron chi connectivity index (χ1n) is 6.77. The maximum absolute atomic E-state index is 8.77. The first-order valence-corrected chi connectivity index (χ1v) is 7.14. The third kappa shape index (κ3) is 2.79. The molecule has 0 unspecified atom stereocenters. The highest BCUT2D eigenvalue weighted by Gasteiger charge is 2.30. The largest absolute Gasteiger partial charge is 0.382 e. The number of rotatable bonds is 3. The van der Waals surface area contributed by atoms with Crippen LogP contribution in [-0.2, 0) is 0 Å². The van der Waals surface area contributed by atoms with Crippen LogP contribution in [-0.4, -0.2) is 6.04 Å². The summed E-state index contributed by atoms with van der Waals surface area (Å²) in [7, 11) is 0. The van der Waals surface area contributed by atoms with Crippen molar-refractivity contribution < 1.29 is 0 Å². The molecule has 0 spiro atoms. The highest BCUT2D eigenvalue weighted by molar-refractivity contribution is 6.30. The lowest BCUT2D eigenvalue weighted by Gasteiger charge is -2.37. The van der Waals surface area contributed by atoms with Gasteiger partial charge < -0.3 is 5.32 Å². The van der Waals surface area contributed by atoms with Crippen LogP contribution in [0.2, 0.25) is 5.02 Å². The van der Waals surface area contributed by atoms with Gasteiger partial charge in [-0.2, -0.15) is 5.26 Å². The molecule has 1 aliphatic rings. The summed E-state index contributed by atoms with van der Waals surface area (Å²) in [5, 5.41) is 13.1. The monoisotopic (exact) mass is 282 g/mol. The van der Waals surface area contributed by atoms with Gasteiger partial charge in [0.15, 0.2) is 0 Å². The average molecular weight is 283 g/mol. The van der Waals surface area contributed by atoms with Crippen LogP contribution in [0, 0.1) is 11.3 Å². The molecule has 1 aliphatic carbocycles. The number of halogens is 1. The maximum Gasteiger partial charge on any atom is 0.0991 e. The van der Waals surface area contributed by atoms with Crippen molar-refractivity contribution in [3.63, 3.8) is 0 Å². The lowest BCUT2D eigenvalue weighted by Crippen LogP contribution is -2.33. The Hall–Kier alpha value is -1.98. The summed E-state index contributed by atoms with van der Waals surface area (Å²) in [5.74, 6) is 0.601. The van der Waals surface area contributed by atoms with Crippen LogP contribution in [0.25, 0.3) is 0 Å². The van der Waals surface area contributed by atoms with Crippen molar-refractivity contribution in [3.05, 3.63) is 64.7 Å². The van der Waals surface area contributed by atoms with E-state index in [-0.39, 0.29) is 0 Å². The third-order valence-corrected chi connectivity index (χ3v) is 4.08. The highest BCUT2D eigenvalue weighted by atomic mass is 35.5. The molecule has 0 radical (unpaired) electrons. The van der Waals surface area contributed by atoms with Crippen LogP contribution in [0.5, 0.6) is 0 Å². The Labute approximate surface area is 124 Å².